The van der Waals surface area contributed by atoms with Crippen molar-refractivity contribution in [1.29, 1.82) is 0 Å². The average molecular weight is 396 g/mol. The van der Waals surface area contributed by atoms with E-state index in [1.54, 1.807) is 31.3 Å². The van der Waals surface area contributed by atoms with E-state index in [-0.39, 0.29) is 5.91 Å². The second kappa shape index (κ2) is 8.75. The third kappa shape index (κ3) is 4.43. The zero-order chi connectivity index (χ0) is 20.1. The number of hydrogen-bond acceptors (Lipinski definition) is 6. The number of carbonyl (C=O) groups is 2. The number of esters is 1. The van der Waals surface area contributed by atoms with Crippen molar-refractivity contribution in [3.8, 4) is 5.75 Å². The fraction of sp³-hybridized carbons (Fsp3) is 0.190. The molecular weight excluding hydrogens is 376 g/mol. The number of likely N-dealkylation sites (N-methyl/N-ethyl adjacent to an activating group) is 1. The van der Waals surface area contributed by atoms with Crippen LogP contribution in [0.25, 0.3) is 6.08 Å². The largest absolute Gasteiger partial charge is 0.494 e. The minimum Gasteiger partial charge on any atom is -0.494 e. The minimum absolute atomic E-state index is 0.108. The highest BCUT2D eigenvalue weighted by molar-refractivity contribution is 8.18. The lowest BCUT2D eigenvalue weighted by Gasteiger charge is -2.07. The van der Waals surface area contributed by atoms with E-state index in [9.17, 15) is 9.59 Å². The molecule has 0 unspecified atom stereocenters. The third-order valence-corrected chi connectivity index (χ3v) is 5.07. The van der Waals surface area contributed by atoms with Gasteiger partial charge in [-0.05, 0) is 66.7 Å². The number of amides is 1. The number of thioether (sulfide) groups is 1. The van der Waals surface area contributed by atoms with Gasteiger partial charge in [0.25, 0.3) is 5.91 Å². The summed E-state index contributed by atoms with van der Waals surface area (Å²) in [6.45, 7) is 2.55. The van der Waals surface area contributed by atoms with Gasteiger partial charge in [-0.15, -0.1) is 0 Å². The highest BCUT2D eigenvalue weighted by atomic mass is 32.2. The van der Waals surface area contributed by atoms with Gasteiger partial charge in [0.2, 0.25) is 0 Å². The second-order valence-corrected chi connectivity index (χ2v) is 6.92. The molecule has 1 fully saturated rings. The van der Waals surface area contributed by atoms with E-state index in [0.29, 0.717) is 27.9 Å². The molecular formula is C21H20N2O4S. The highest BCUT2D eigenvalue weighted by Crippen LogP contribution is 2.33. The summed E-state index contributed by atoms with van der Waals surface area (Å²) in [5, 5.41) is 0.577. The molecule has 2 aromatic carbocycles. The van der Waals surface area contributed by atoms with E-state index in [0.717, 1.165) is 11.3 Å². The molecule has 2 aromatic rings. The molecule has 1 heterocycles. The van der Waals surface area contributed by atoms with E-state index >= 15 is 0 Å². The fourth-order valence-electron chi connectivity index (χ4n) is 2.53. The average Bonchev–Trinajstić information content (AvgIpc) is 2.97. The van der Waals surface area contributed by atoms with Crippen LogP contribution < -0.4 is 4.74 Å². The number of methoxy groups -OCH3 is 1. The van der Waals surface area contributed by atoms with Crippen LogP contribution in [-0.2, 0) is 9.53 Å². The van der Waals surface area contributed by atoms with Crippen LogP contribution in [0, 0.1) is 0 Å². The molecule has 0 atom stereocenters. The van der Waals surface area contributed by atoms with Gasteiger partial charge in [0.15, 0.2) is 5.17 Å². The summed E-state index contributed by atoms with van der Waals surface area (Å²) in [6, 6.07) is 14.3. The van der Waals surface area contributed by atoms with Gasteiger partial charge in [0.05, 0.1) is 29.9 Å². The lowest BCUT2D eigenvalue weighted by atomic mass is 10.2. The molecule has 0 spiro atoms. The van der Waals surface area contributed by atoms with Crippen molar-refractivity contribution in [2.45, 2.75) is 6.92 Å². The van der Waals surface area contributed by atoms with Gasteiger partial charge in [0.1, 0.15) is 5.75 Å². The molecule has 144 valence electrons. The number of ether oxygens (including phenoxy) is 2. The van der Waals surface area contributed by atoms with Crippen LogP contribution in [0.3, 0.4) is 0 Å². The van der Waals surface area contributed by atoms with Crippen LogP contribution in [-0.4, -0.2) is 42.7 Å². The number of carbonyl (C=O) groups excluding carboxylic acids is 2. The van der Waals surface area contributed by atoms with Gasteiger partial charge in [-0.25, -0.2) is 9.79 Å². The summed E-state index contributed by atoms with van der Waals surface area (Å²) < 4.78 is 10.1. The lowest BCUT2D eigenvalue weighted by molar-refractivity contribution is -0.121. The maximum Gasteiger partial charge on any atom is 0.337 e. The number of aliphatic imine (C=N–C) groups is 1. The van der Waals surface area contributed by atoms with Crippen molar-refractivity contribution in [2.75, 3.05) is 20.8 Å². The van der Waals surface area contributed by atoms with Crippen molar-refractivity contribution >= 4 is 40.6 Å². The molecule has 0 aliphatic carbocycles. The minimum atomic E-state index is -0.401. The van der Waals surface area contributed by atoms with Crippen LogP contribution in [0.2, 0.25) is 0 Å². The third-order valence-electron chi connectivity index (χ3n) is 4.01. The van der Waals surface area contributed by atoms with Crippen molar-refractivity contribution < 1.29 is 19.1 Å². The predicted octanol–water partition coefficient (Wildman–Crippen LogP) is 4.11. The molecule has 1 saturated heterocycles. The smallest absolute Gasteiger partial charge is 0.337 e. The second-order valence-electron chi connectivity index (χ2n) is 5.91. The summed E-state index contributed by atoms with van der Waals surface area (Å²) in [7, 11) is 3.03. The molecule has 3 rings (SSSR count). The number of amidine groups is 1. The summed E-state index contributed by atoms with van der Waals surface area (Å²) in [6.07, 6.45) is 1.84. The van der Waals surface area contributed by atoms with E-state index in [4.69, 9.17) is 4.74 Å². The molecule has 0 radical (unpaired) electrons. The standard InChI is InChI=1S/C21H20N2O4S/c1-4-27-17-11-5-14(6-12-17)13-18-19(24)23(2)21(28-18)22-16-9-7-15(8-10-16)20(25)26-3/h5-13H,4H2,1-3H3/b18-13+,22-21?. The van der Waals surface area contributed by atoms with E-state index in [1.165, 1.54) is 23.8 Å². The normalized spacial score (nSPS) is 16.7. The zero-order valence-corrected chi connectivity index (χ0v) is 16.7. The Balaban J connectivity index is 1.78. The van der Waals surface area contributed by atoms with Crippen molar-refractivity contribution in [1.82, 2.24) is 4.90 Å². The van der Waals surface area contributed by atoms with Gasteiger partial charge in [-0.3, -0.25) is 9.69 Å². The Morgan fingerprint density at radius 2 is 1.82 bits per heavy atom. The van der Waals surface area contributed by atoms with Gasteiger partial charge in [0, 0.05) is 7.05 Å². The monoisotopic (exact) mass is 396 g/mol. The first kappa shape index (κ1) is 19.7. The number of hydrogen-bond donors (Lipinski definition) is 0. The van der Waals surface area contributed by atoms with Crippen LogP contribution in [0.15, 0.2) is 58.4 Å². The van der Waals surface area contributed by atoms with E-state index in [1.807, 2.05) is 37.3 Å². The van der Waals surface area contributed by atoms with Gasteiger partial charge >= 0.3 is 5.97 Å². The Morgan fingerprint density at radius 3 is 2.43 bits per heavy atom. The van der Waals surface area contributed by atoms with Crippen LogP contribution in [0.5, 0.6) is 5.75 Å². The van der Waals surface area contributed by atoms with Gasteiger partial charge in [-0.1, -0.05) is 12.1 Å². The Hall–Kier alpha value is -3.06. The van der Waals surface area contributed by atoms with Crippen molar-refractivity contribution in [2.24, 2.45) is 4.99 Å². The molecule has 1 aliphatic rings. The molecule has 0 saturated carbocycles. The van der Waals surface area contributed by atoms with Crippen LogP contribution >= 0.6 is 11.8 Å². The summed E-state index contributed by atoms with van der Waals surface area (Å²) in [5.41, 5.74) is 2.01. The predicted molar refractivity (Wildman–Crippen MR) is 111 cm³/mol. The first-order valence-corrected chi connectivity index (χ1v) is 9.51. The first-order valence-electron chi connectivity index (χ1n) is 8.69. The van der Waals surface area contributed by atoms with Crippen LogP contribution in [0.1, 0.15) is 22.8 Å². The summed E-state index contributed by atoms with van der Waals surface area (Å²) in [5.74, 6) is 0.288. The Kier molecular flexibility index (Phi) is 6.16. The Bertz CT molecular complexity index is 934. The number of benzene rings is 2. The zero-order valence-electron chi connectivity index (χ0n) is 15.8. The Labute approximate surface area is 167 Å². The fourth-order valence-corrected chi connectivity index (χ4v) is 3.52. The van der Waals surface area contributed by atoms with Crippen LogP contribution in [0.4, 0.5) is 5.69 Å². The SMILES string of the molecule is CCOc1ccc(/C=C2/SC(=Nc3ccc(C(=O)OC)cc3)N(C)C2=O)cc1. The molecule has 0 bridgehead atoms. The number of nitrogens with zero attached hydrogens (tertiary/aromatic N) is 2. The van der Waals surface area contributed by atoms with Gasteiger partial charge in [-0.2, -0.15) is 0 Å². The molecule has 7 heteroatoms. The first-order chi connectivity index (χ1) is 13.5. The Morgan fingerprint density at radius 1 is 1.14 bits per heavy atom. The highest BCUT2D eigenvalue weighted by Gasteiger charge is 2.30. The molecule has 1 aliphatic heterocycles. The lowest BCUT2D eigenvalue weighted by Crippen LogP contribution is -2.23. The van der Waals surface area contributed by atoms with Crippen molar-refractivity contribution in [3.63, 3.8) is 0 Å². The molecule has 6 nitrogen and oxygen atoms in total. The molecule has 0 aromatic heterocycles. The molecule has 0 N–H and O–H groups in total. The topological polar surface area (TPSA) is 68.2 Å². The van der Waals surface area contributed by atoms with Gasteiger partial charge < -0.3 is 9.47 Å². The number of rotatable bonds is 5. The summed E-state index contributed by atoms with van der Waals surface area (Å²) in [4.78, 5) is 30.7. The quantitative estimate of drug-likeness (QED) is 0.562. The molecule has 28 heavy (non-hydrogen) atoms. The molecule has 1 amide bonds. The van der Waals surface area contributed by atoms with Crippen molar-refractivity contribution in [3.05, 3.63) is 64.6 Å². The summed E-state index contributed by atoms with van der Waals surface area (Å²) >= 11 is 1.31. The van der Waals surface area contributed by atoms with E-state index in [2.05, 4.69) is 9.73 Å². The van der Waals surface area contributed by atoms with E-state index < -0.39 is 5.97 Å². The maximum absolute atomic E-state index is 12.5. The maximum atomic E-state index is 12.5.